The van der Waals surface area contributed by atoms with Crippen molar-refractivity contribution in [1.82, 2.24) is 30.9 Å². The number of sulfone groups is 1. The summed E-state index contributed by atoms with van der Waals surface area (Å²) in [5.41, 5.74) is 3.92. The van der Waals surface area contributed by atoms with E-state index < -0.39 is 27.8 Å². The summed E-state index contributed by atoms with van der Waals surface area (Å²) in [6, 6.07) is 18.9. The van der Waals surface area contributed by atoms with Gasteiger partial charge >= 0.3 is 6.03 Å². The minimum atomic E-state index is -3.37. The first kappa shape index (κ1) is 29.4. The third kappa shape index (κ3) is 6.76. The maximum absolute atomic E-state index is 13.3. The highest BCUT2D eigenvalue weighted by atomic mass is 32.2. The van der Waals surface area contributed by atoms with Gasteiger partial charge in [0.05, 0.1) is 21.2 Å². The van der Waals surface area contributed by atoms with Crippen LogP contribution in [0.3, 0.4) is 0 Å². The number of benzene rings is 3. The van der Waals surface area contributed by atoms with Gasteiger partial charge in [-0.15, -0.1) is 5.10 Å². The average Bonchev–Trinajstić information content (AvgIpc) is 3.69. The molecule has 1 aliphatic rings. The number of aromatic nitrogens is 5. The average molecular weight is 631 g/mol. The number of carbonyl (C=O) groups excluding carboxylic acids is 2. The zero-order valence-electron chi connectivity index (χ0n) is 23.8. The molecule has 0 radical (unpaired) electrons. The molecule has 1 saturated carbocycles. The molecule has 0 spiro atoms. The summed E-state index contributed by atoms with van der Waals surface area (Å²) >= 11 is 1.19. The standard InChI is InChI=1S/C30H30N8O4S2/c1-44(41,42)23-15-16-24-25(17-23)43-30(31-24)34-29(40)32-26(20-9-7-19(8-10-20)18-5-3-2-4-6-18)21-11-13-22(14-12-21)27(39)33-28-35-37-38-36-28/h7-18,26H,2-6H2,1H3,(H2,31,32,34,40)(H2,33,35,36,37,38,39). The lowest BCUT2D eigenvalue weighted by Crippen LogP contribution is -2.33. The van der Waals surface area contributed by atoms with Crippen molar-refractivity contribution in [1.29, 1.82) is 0 Å². The molecule has 4 N–H and O–H groups in total. The first-order valence-electron chi connectivity index (χ1n) is 14.2. The van der Waals surface area contributed by atoms with Crippen LogP contribution in [0.2, 0.25) is 0 Å². The second kappa shape index (κ2) is 12.5. The Labute approximate surface area is 257 Å². The fraction of sp³-hybridized carbons (Fsp3) is 0.267. The van der Waals surface area contributed by atoms with E-state index in [0.29, 0.717) is 26.8 Å². The molecule has 1 aliphatic carbocycles. The second-order valence-electron chi connectivity index (χ2n) is 10.8. The predicted octanol–water partition coefficient (Wildman–Crippen LogP) is 5.42. The van der Waals surface area contributed by atoms with Gasteiger partial charge in [-0.05, 0) is 71.0 Å². The number of aromatic amines is 1. The SMILES string of the molecule is CS(=O)(=O)c1ccc2nc(NC(=O)NC(c3ccc(C(=O)Nc4nn[nH]n4)cc3)c3ccc(C4CCCCC4)cc3)sc2c1. The molecule has 2 heterocycles. The van der Waals surface area contributed by atoms with Crippen molar-refractivity contribution in [2.24, 2.45) is 0 Å². The molecule has 2 aromatic heterocycles. The highest BCUT2D eigenvalue weighted by molar-refractivity contribution is 7.90. The number of fused-ring (bicyclic) bond motifs is 1. The Bertz CT molecular complexity index is 1880. The number of nitrogens with zero attached hydrogens (tertiary/aromatic N) is 4. The van der Waals surface area contributed by atoms with Crippen molar-refractivity contribution in [3.8, 4) is 0 Å². The molecule has 3 amide bonds. The zero-order chi connectivity index (χ0) is 30.7. The molecule has 1 fully saturated rings. The number of thiazole rings is 1. The molecule has 1 atom stereocenters. The van der Waals surface area contributed by atoms with Gasteiger partial charge < -0.3 is 5.32 Å². The van der Waals surface area contributed by atoms with E-state index in [1.807, 2.05) is 12.1 Å². The quantitative estimate of drug-likeness (QED) is 0.176. The van der Waals surface area contributed by atoms with Gasteiger partial charge in [0, 0.05) is 11.8 Å². The molecule has 44 heavy (non-hydrogen) atoms. The van der Waals surface area contributed by atoms with Crippen LogP contribution in [0.1, 0.15) is 71.1 Å². The fourth-order valence-electron chi connectivity index (χ4n) is 5.42. The Morgan fingerprint density at radius 3 is 2.30 bits per heavy atom. The van der Waals surface area contributed by atoms with Crippen LogP contribution in [0.5, 0.6) is 0 Å². The number of rotatable bonds is 8. The van der Waals surface area contributed by atoms with Crippen LogP contribution in [-0.2, 0) is 9.84 Å². The summed E-state index contributed by atoms with van der Waals surface area (Å²) in [6.45, 7) is 0. The highest BCUT2D eigenvalue weighted by Gasteiger charge is 2.21. The van der Waals surface area contributed by atoms with Crippen LogP contribution in [0, 0.1) is 0 Å². The minimum Gasteiger partial charge on any atom is -0.327 e. The second-order valence-corrected chi connectivity index (χ2v) is 13.8. The number of urea groups is 1. The fourth-order valence-corrected chi connectivity index (χ4v) is 7.05. The van der Waals surface area contributed by atoms with Crippen LogP contribution in [-0.4, -0.2) is 52.2 Å². The minimum absolute atomic E-state index is 0.0655. The van der Waals surface area contributed by atoms with Crippen LogP contribution in [0.25, 0.3) is 10.2 Å². The van der Waals surface area contributed by atoms with E-state index in [1.165, 1.54) is 55.1 Å². The first-order valence-corrected chi connectivity index (χ1v) is 16.9. The number of anilines is 2. The molecular formula is C30H30N8O4S2. The number of hydrogen-bond acceptors (Lipinski definition) is 9. The van der Waals surface area contributed by atoms with Gasteiger partial charge in [-0.1, -0.05) is 72.1 Å². The Balaban J connectivity index is 1.23. The Kier molecular flexibility index (Phi) is 8.35. The largest absolute Gasteiger partial charge is 0.327 e. The Hall–Kier alpha value is -4.69. The van der Waals surface area contributed by atoms with Crippen molar-refractivity contribution in [3.05, 3.63) is 89.0 Å². The molecule has 5 aromatic rings. The highest BCUT2D eigenvalue weighted by Crippen LogP contribution is 2.34. The smallest absolute Gasteiger partial charge is 0.321 e. The van der Waals surface area contributed by atoms with E-state index in [2.05, 4.69) is 53.7 Å². The lowest BCUT2D eigenvalue weighted by Gasteiger charge is -2.24. The molecule has 0 bridgehead atoms. The number of nitrogens with one attached hydrogen (secondary N) is 4. The number of hydrogen-bond donors (Lipinski definition) is 4. The van der Waals surface area contributed by atoms with E-state index in [0.717, 1.165) is 17.4 Å². The van der Waals surface area contributed by atoms with E-state index in [1.54, 1.807) is 36.4 Å². The number of H-pyrrole nitrogens is 1. The van der Waals surface area contributed by atoms with Crippen molar-refractivity contribution < 1.29 is 18.0 Å². The van der Waals surface area contributed by atoms with E-state index >= 15 is 0 Å². The molecule has 3 aromatic carbocycles. The molecule has 226 valence electrons. The summed E-state index contributed by atoms with van der Waals surface area (Å²) in [7, 11) is -3.37. The lowest BCUT2D eigenvalue weighted by molar-refractivity contribution is 0.102. The van der Waals surface area contributed by atoms with Gasteiger partial charge in [0.15, 0.2) is 15.0 Å². The number of carbonyl (C=O) groups is 2. The lowest BCUT2D eigenvalue weighted by atomic mass is 9.83. The maximum Gasteiger partial charge on any atom is 0.321 e. The molecule has 0 aliphatic heterocycles. The zero-order valence-corrected chi connectivity index (χ0v) is 25.4. The van der Waals surface area contributed by atoms with Gasteiger partial charge in [-0.3, -0.25) is 15.4 Å². The van der Waals surface area contributed by atoms with Gasteiger partial charge in [-0.2, -0.15) is 5.21 Å². The summed E-state index contributed by atoms with van der Waals surface area (Å²) in [6.07, 6.45) is 7.29. The van der Waals surface area contributed by atoms with Crippen LogP contribution >= 0.6 is 11.3 Å². The van der Waals surface area contributed by atoms with Crippen molar-refractivity contribution in [3.63, 3.8) is 0 Å². The first-order chi connectivity index (χ1) is 21.2. The van der Waals surface area contributed by atoms with E-state index in [4.69, 9.17) is 0 Å². The van der Waals surface area contributed by atoms with Crippen LogP contribution in [0.15, 0.2) is 71.6 Å². The summed E-state index contributed by atoms with van der Waals surface area (Å²) in [5.74, 6) is 0.217. The molecule has 14 heteroatoms. The molecule has 0 saturated heterocycles. The van der Waals surface area contributed by atoms with Crippen LogP contribution < -0.4 is 16.0 Å². The topological polar surface area (TPSA) is 172 Å². The third-order valence-electron chi connectivity index (χ3n) is 7.71. The van der Waals surface area contributed by atoms with Gasteiger partial charge in [-0.25, -0.2) is 18.2 Å². The van der Waals surface area contributed by atoms with Crippen LogP contribution in [0.4, 0.5) is 15.9 Å². The molecule has 12 nitrogen and oxygen atoms in total. The van der Waals surface area contributed by atoms with Gasteiger partial charge in [0.2, 0.25) is 0 Å². The normalized spacial score (nSPS) is 14.7. The van der Waals surface area contributed by atoms with E-state index in [9.17, 15) is 18.0 Å². The van der Waals surface area contributed by atoms with Gasteiger partial charge in [0.25, 0.3) is 11.9 Å². The number of amides is 3. The summed E-state index contributed by atoms with van der Waals surface area (Å²) in [4.78, 5) is 30.6. The van der Waals surface area contributed by atoms with Gasteiger partial charge in [0.1, 0.15) is 0 Å². The maximum atomic E-state index is 13.3. The molecule has 1 unspecified atom stereocenters. The van der Waals surface area contributed by atoms with Crippen molar-refractivity contribution in [2.75, 3.05) is 16.9 Å². The summed E-state index contributed by atoms with van der Waals surface area (Å²) < 4.78 is 24.6. The van der Waals surface area contributed by atoms with E-state index in [-0.39, 0.29) is 10.8 Å². The van der Waals surface area contributed by atoms with Crippen molar-refractivity contribution in [2.45, 2.75) is 49.0 Å². The molecular weight excluding hydrogens is 601 g/mol. The summed E-state index contributed by atoms with van der Waals surface area (Å²) in [5, 5.41) is 21.9. The molecule has 6 rings (SSSR count). The van der Waals surface area contributed by atoms with Crippen molar-refractivity contribution >= 4 is 54.4 Å². The number of tetrazole rings is 1. The predicted molar refractivity (Wildman–Crippen MR) is 168 cm³/mol. The monoisotopic (exact) mass is 630 g/mol. The third-order valence-corrected chi connectivity index (χ3v) is 9.75. The Morgan fingerprint density at radius 2 is 1.64 bits per heavy atom. The Morgan fingerprint density at radius 1 is 0.932 bits per heavy atom.